The number of likely N-dealkylation sites (N-methyl/N-ethyl adjacent to an activating group) is 1. The summed E-state index contributed by atoms with van der Waals surface area (Å²) < 4.78 is 30.0. The van der Waals surface area contributed by atoms with E-state index in [9.17, 15) is 9.00 Å². The van der Waals surface area contributed by atoms with Crippen molar-refractivity contribution >= 4 is 22.3 Å². The third-order valence-corrected chi connectivity index (χ3v) is 7.44. The molecule has 0 saturated heterocycles. The maximum Gasteiger partial charge on any atom is 0.353 e. The molecule has 5 rings (SSSR count). The fraction of sp³-hybridized carbons (Fsp3) is 0.545. The van der Waals surface area contributed by atoms with Crippen molar-refractivity contribution in [2.24, 2.45) is 4.36 Å². The molecule has 1 aromatic heterocycles. The van der Waals surface area contributed by atoms with Crippen LogP contribution in [0.2, 0.25) is 0 Å². The van der Waals surface area contributed by atoms with Crippen molar-refractivity contribution in [1.82, 2.24) is 15.1 Å². The number of urea groups is 1. The summed E-state index contributed by atoms with van der Waals surface area (Å²) >= 11 is 0. The first-order valence-electron chi connectivity index (χ1n) is 11.2. The third-order valence-electron chi connectivity index (χ3n) is 6.35. The Bertz CT molecular complexity index is 1090. The van der Waals surface area contributed by atoms with Gasteiger partial charge in [0.15, 0.2) is 0 Å². The number of hydrogen-bond acceptors (Lipinski definition) is 6. The van der Waals surface area contributed by atoms with Crippen molar-refractivity contribution in [1.29, 1.82) is 0 Å². The SMILES string of the molecule is CNCCO[C@@H]1COc2c(/[SH](=O)=N/C(=O)Nc3c4c(cc5c3CCC5)CCC4)cnn2C1. The van der Waals surface area contributed by atoms with Crippen LogP contribution in [0.3, 0.4) is 0 Å². The summed E-state index contributed by atoms with van der Waals surface area (Å²) in [6.45, 7) is 2.18. The lowest BCUT2D eigenvalue weighted by Gasteiger charge is -2.24. The van der Waals surface area contributed by atoms with E-state index in [0.29, 0.717) is 30.5 Å². The number of hydrogen-bond donors (Lipinski definition) is 3. The van der Waals surface area contributed by atoms with Crippen LogP contribution in [0.4, 0.5) is 10.5 Å². The number of nitrogens with one attached hydrogen (secondary N) is 2. The second kappa shape index (κ2) is 9.21. The molecule has 2 atom stereocenters. The number of ether oxygens (including phenoxy) is 2. The number of aryl methyl sites for hydroxylation is 2. The monoisotopic (exact) mass is 459 g/mol. The van der Waals surface area contributed by atoms with Crippen LogP contribution < -0.4 is 15.4 Å². The van der Waals surface area contributed by atoms with Crippen molar-refractivity contribution < 1.29 is 18.5 Å². The molecule has 2 aliphatic carbocycles. The number of carbonyl (C=O) groups is 1. The van der Waals surface area contributed by atoms with Gasteiger partial charge in [0.2, 0.25) is 5.88 Å². The lowest BCUT2D eigenvalue weighted by molar-refractivity contribution is -0.0115. The Morgan fingerprint density at radius 1 is 1.28 bits per heavy atom. The standard InChI is InChI=1S/C22H29N5O4S/c1-23-8-9-30-16-12-27-21(31-13-16)19(11-24-27)32(29)26-22(28)25-20-17-6-2-4-14(17)10-15-5-3-7-18(15)20/h10-11,16,23,32H,2-9,12-13H2,1H3,(H,25,28)/t16-/m0/s1. The van der Waals surface area contributed by atoms with E-state index >= 15 is 0 Å². The van der Waals surface area contributed by atoms with E-state index in [-0.39, 0.29) is 6.10 Å². The molecule has 2 aromatic rings. The van der Waals surface area contributed by atoms with Gasteiger partial charge in [0.05, 0.1) is 29.9 Å². The number of amides is 2. The van der Waals surface area contributed by atoms with Crippen LogP contribution in [0, 0.1) is 0 Å². The molecule has 0 spiro atoms. The van der Waals surface area contributed by atoms with E-state index in [1.165, 1.54) is 28.5 Å². The molecule has 2 heterocycles. The summed E-state index contributed by atoms with van der Waals surface area (Å²) in [6.07, 6.45) is 7.59. The Labute approximate surface area is 189 Å². The number of aromatic nitrogens is 2. The highest BCUT2D eigenvalue weighted by Crippen LogP contribution is 2.38. The largest absolute Gasteiger partial charge is 0.474 e. The molecular formula is C22H29N5O4S. The van der Waals surface area contributed by atoms with Crippen LogP contribution in [-0.2, 0) is 47.6 Å². The predicted octanol–water partition coefficient (Wildman–Crippen LogP) is 2.11. The van der Waals surface area contributed by atoms with Crippen molar-refractivity contribution in [2.75, 3.05) is 32.1 Å². The van der Waals surface area contributed by atoms with Gasteiger partial charge < -0.3 is 20.1 Å². The van der Waals surface area contributed by atoms with Gasteiger partial charge >= 0.3 is 6.03 Å². The van der Waals surface area contributed by atoms with Gasteiger partial charge in [0, 0.05) is 12.2 Å². The van der Waals surface area contributed by atoms with Gasteiger partial charge in [0.1, 0.15) is 17.6 Å². The summed E-state index contributed by atoms with van der Waals surface area (Å²) in [4.78, 5) is 13.1. The second-order valence-corrected chi connectivity index (χ2v) is 9.69. The van der Waals surface area contributed by atoms with Gasteiger partial charge in [-0.15, -0.1) is 4.36 Å². The molecule has 2 amide bonds. The smallest absolute Gasteiger partial charge is 0.353 e. The number of thiol groups is 1. The molecule has 0 radical (unpaired) electrons. The number of rotatable bonds is 6. The molecule has 1 aliphatic heterocycles. The summed E-state index contributed by atoms with van der Waals surface area (Å²) in [6, 6.07) is 1.73. The van der Waals surface area contributed by atoms with Crippen LogP contribution in [0.25, 0.3) is 0 Å². The predicted molar refractivity (Wildman–Crippen MR) is 121 cm³/mol. The molecule has 9 nitrogen and oxygen atoms in total. The van der Waals surface area contributed by atoms with Crippen molar-refractivity contribution in [3.05, 3.63) is 34.5 Å². The van der Waals surface area contributed by atoms with E-state index in [4.69, 9.17) is 9.47 Å². The summed E-state index contributed by atoms with van der Waals surface area (Å²) in [7, 11) is -0.457. The van der Waals surface area contributed by atoms with Crippen molar-refractivity contribution in [3.8, 4) is 5.88 Å². The average Bonchev–Trinajstić information content (AvgIpc) is 3.52. The molecule has 0 saturated carbocycles. The van der Waals surface area contributed by atoms with Gasteiger partial charge in [0.25, 0.3) is 0 Å². The molecular weight excluding hydrogens is 430 g/mol. The Balaban J connectivity index is 1.32. The normalized spacial score (nSPS) is 19.8. The van der Waals surface area contributed by atoms with Crippen molar-refractivity contribution in [2.45, 2.75) is 56.1 Å². The zero-order chi connectivity index (χ0) is 22.1. The molecule has 10 heteroatoms. The fourth-order valence-corrected chi connectivity index (χ4v) is 5.67. The molecule has 1 aromatic carbocycles. The van der Waals surface area contributed by atoms with Crippen LogP contribution in [-0.4, -0.2) is 52.9 Å². The number of benzene rings is 1. The topological polar surface area (TPSA) is 107 Å². The number of nitrogens with zero attached hydrogens (tertiary/aromatic N) is 3. The van der Waals surface area contributed by atoms with E-state index in [1.54, 1.807) is 4.68 Å². The van der Waals surface area contributed by atoms with Crippen molar-refractivity contribution in [3.63, 3.8) is 0 Å². The minimum absolute atomic E-state index is 0.121. The maximum atomic E-state index is 12.9. The highest BCUT2D eigenvalue weighted by molar-refractivity contribution is 7.75. The average molecular weight is 460 g/mol. The lowest BCUT2D eigenvalue weighted by Crippen LogP contribution is -2.34. The lowest BCUT2D eigenvalue weighted by atomic mass is 9.99. The van der Waals surface area contributed by atoms with E-state index in [2.05, 4.69) is 26.2 Å². The molecule has 0 fully saturated rings. The summed E-state index contributed by atoms with van der Waals surface area (Å²) in [5, 5.41) is 10.3. The van der Waals surface area contributed by atoms with Gasteiger partial charge in [-0.3, -0.25) is 0 Å². The van der Waals surface area contributed by atoms with Crippen LogP contribution >= 0.6 is 0 Å². The molecule has 1 unspecified atom stereocenters. The first-order valence-corrected chi connectivity index (χ1v) is 12.5. The highest BCUT2D eigenvalue weighted by Gasteiger charge is 2.26. The number of carbonyl (C=O) groups excluding carboxylic acids is 1. The van der Waals surface area contributed by atoms with E-state index in [1.807, 2.05) is 7.05 Å². The zero-order valence-corrected chi connectivity index (χ0v) is 19.1. The van der Waals surface area contributed by atoms with Gasteiger partial charge in [-0.25, -0.2) is 13.7 Å². The van der Waals surface area contributed by atoms with Crippen LogP contribution in [0.1, 0.15) is 35.1 Å². The molecule has 32 heavy (non-hydrogen) atoms. The first kappa shape index (κ1) is 21.4. The Kier molecular flexibility index (Phi) is 6.16. The molecule has 0 bridgehead atoms. The van der Waals surface area contributed by atoms with E-state index < -0.39 is 16.6 Å². The molecule has 172 valence electrons. The minimum Gasteiger partial charge on any atom is -0.474 e. The van der Waals surface area contributed by atoms with Gasteiger partial charge in [-0.05, 0) is 67.8 Å². The first-order chi connectivity index (χ1) is 15.6. The van der Waals surface area contributed by atoms with Gasteiger partial charge in [-0.2, -0.15) is 5.10 Å². The number of anilines is 1. The molecule has 3 aliphatic rings. The van der Waals surface area contributed by atoms with E-state index in [0.717, 1.165) is 50.8 Å². The maximum absolute atomic E-state index is 12.9. The Morgan fingerprint density at radius 3 is 2.75 bits per heavy atom. The minimum atomic E-state index is -2.32. The fourth-order valence-electron chi connectivity index (χ4n) is 4.86. The summed E-state index contributed by atoms with van der Waals surface area (Å²) in [5.74, 6) is 0.401. The third kappa shape index (κ3) is 4.14. The Morgan fingerprint density at radius 2 is 2.03 bits per heavy atom. The molecule has 2 N–H and O–H groups in total. The zero-order valence-electron chi connectivity index (χ0n) is 18.2. The van der Waals surface area contributed by atoms with Crippen LogP contribution in [0.5, 0.6) is 5.88 Å². The highest BCUT2D eigenvalue weighted by atomic mass is 32.2. The Hall–Kier alpha value is -2.43. The number of fused-ring (bicyclic) bond motifs is 3. The second-order valence-electron chi connectivity index (χ2n) is 8.46. The van der Waals surface area contributed by atoms with Crippen LogP contribution in [0.15, 0.2) is 21.5 Å². The quantitative estimate of drug-likeness (QED) is 0.451. The summed E-state index contributed by atoms with van der Waals surface area (Å²) in [5.41, 5.74) is 6.01. The van der Waals surface area contributed by atoms with Gasteiger partial charge in [-0.1, -0.05) is 6.07 Å².